The number of benzene rings is 3. The van der Waals surface area contributed by atoms with Gasteiger partial charge >= 0.3 is 0 Å². The average molecular weight is 426 g/mol. The molecule has 0 bridgehead atoms. The Kier molecular flexibility index (Phi) is 5.14. The first-order valence-electron chi connectivity index (χ1n) is 9.91. The second-order valence-electron chi connectivity index (χ2n) is 7.28. The zero-order valence-corrected chi connectivity index (χ0v) is 17.6. The fourth-order valence-corrected chi connectivity index (χ4v) is 4.30. The van der Waals surface area contributed by atoms with E-state index in [0.717, 1.165) is 22.4 Å². The number of pyridine rings is 1. The maximum absolute atomic E-state index is 13.2. The maximum Gasteiger partial charge on any atom is 0.277 e. The first-order chi connectivity index (χ1) is 15.2. The average Bonchev–Trinajstić information content (AvgIpc) is 3.27. The molecule has 152 valence electrons. The van der Waals surface area contributed by atoms with Gasteiger partial charge in [0.05, 0.1) is 5.52 Å². The third kappa shape index (κ3) is 3.90. The Labute approximate surface area is 183 Å². The standard InChI is InChI=1S/C25H19N3O2S/c1-16-7-5-8-17(13-16)15-31-25-28-27-24(30-25)21-14-26-22-19(18-9-3-2-4-10-18)11-6-12-20(22)23(21)29/h2-14H,15H2,1H3,(H,26,29). The van der Waals surface area contributed by atoms with Crippen LogP contribution in [0.4, 0.5) is 0 Å². The molecule has 0 unspecified atom stereocenters. The van der Waals surface area contributed by atoms with E-state index in [-0.39, 0.29) is 11.3 Å². The number of hydrogen-bond acceptors (Lipinski definition) is 5. The second-order valence-corrected chi connectivity index (χ2v) is 8.20. The van der Waals surface area contributed by atoms with Crippen molar-refractivity contribution in [3.05, 3.63) is 100 Å². The molecule has 0 amide bonds. The largest absolute Gasteiger partial charge is 0.411 e. The molecule has 5 nitrogen and oxygen atoms in total. The van der Waals surface area contributed by atoms with E-state index in [2.05, 4.69) is 40.3 Å². The summed E-state index contributed by atoms with van der Waals surface area (Å²) in [6.07, 6.45) is 1.65. The Bertz CT molecular complexity index is 1420. The fraction of sp³-hybridized carbons (Fsp3) is 0.0800. The van der Waals surface area contributed by atoms with E-state index >= 15 is 0 Å². The van der Waals surface area contributed by atoms with E-state index in [4.69, 9.17) is 4.42 Å². The van der Waals surface area contributed by atoms with E-state index in [1.807, 2.05) is 54.6 Å². The molecule has 3 aromatic carbocycles. The number of fused-ring (bicyclic) bond motifs is 1. The highest BCUT2D eigenvalue weighted by Crippen LogP contribution is 2.28. The van der Waals surface area contributed by atoms with E-state index in [1.165, 1.54) is 22.9 Å². The minimum absolute atomic E-state index is 0.134. The summed E-state index contributed by atoms with van der Waals surface area (Å²) in [5.41, 5.74) is 5.43. The molecule has 0 fully saturated rings. The molecular formula is C25H19N3O2S. The highest BCUT2D eigenvalue weighted by atomic mass is 32.2. The number of aromatic amines is 1. The van der Waals surface area contributed by atoms with Crippen LogP contribution in [-0.4, -0.2) is 15.2 Å². The molecular weight excluding hydrogens is 406 g/mol. The molecule has 0 aliphatic heterocycles. The van der Waals surface area contributed by atoms with Crippen LogP contribution in [0, 0.1) is 6.92 Å². The van der Waals surface area contributed by atoms with Crippen molar-refractivity contribution < 1.29 is 4.42 Å². The smallest absolute Gasteiger partial charge is 0.277 e. The van der Waals surface area contributed by atoms with Gasteiger partial charge in [0, 0.05) is 22.9 Å². The normalized spacial score (nSPS) is 11.1. The molecule has 0 atom stereocenters. The molecule has 0 aliphatic carbocycles. The maximum atomic E-state index is 13.2. The highest BCUT2D eigenvalue weighted by molar-refractivity contribution is 7.98. The minimum atomic E-state index is -0.134. The molecule has 0 saturated carbocycles. The number of aryl methyl sites for hydroxylation is 1. The van der Waals surface area contributed by atoms with Crippen molar-refractivity contribution in [1.29, 1.82) is 0 Å². The molecule has 2 aromatic heterocycles. The van der Waals surface area contributed by atoms with Crippen LogP contribution < -0.4 is 5.43 Å². The summed E-state index contributed by atoms with van der Waals surface area (Å²) in [5, 5.41) is 9.24. The number of thioether (sulfide) groups is 1. The van der Waals surface area contributed by atoms with E-state index in [9.17, 15) is 4.79 Å². The van der Waals surface area contributed by atoms with Gasteiger partial charge in [0.2, 0.25) is 5.43 Å². The lowest BCUT2D eigenvalue weighted by Gasteiger charge is -2.07. The van der Waals surface area contributed by atoms with Crippen molar-refractivity contribution in [2.75, 3.05) is 0 Å². The Morgan fingerprint density at radius 3 is 2.61 bits per heavy atom. The summed E-state index contributed by atoms with van der Waals surface area (Å²) in [6, 6.07) is 24.0. The van der Waals surface area contributed by atoms with Crippen molar-refractivity contribution in [2.24, 2.45) is 0 Å². The fourth-order valence-electron chi connectivity index (χ4n) is 3.59. The van der Waals surface area contributed by atoms with Crippen molar-refractivity contribution >= 4 is 22.7 Å². The van der Waals surface area contributed by atoms with Gasteiger partial charge in [-0.1, -0.05) is 84.1 Å². The lowest BCUT2D eigenvalue weighted by Crippen LogP contribution is -2.07. The monoisotopic (exact) mass is 425 g/mol. The van der Waals surface area contributed by atoms with Gasteiger partial charge in [-0.05, 0) is 24.1 Å². The van der Waals surface area contributed by atoms with Crippen molar-refractivity contribution in [2.45, 2.75) is 17.9 Å². The second kappa shape index (κ2) is 8.24. The zero-order valence-electron chi connectivity index (χ0n) is 16.8. The lowest BCUT2D eigenvalue weighted by molar-refractivity contribution is 0.465. The summed E-state index contributed by atoms with van der Waals surface area (Å²) in [7, 11) is 0. The molecule has 31 heavy (non-hydrogen) atoms. The van der Waals surface area contributed by atoms with Gasteiger partial charge in [-0.3, -0.25) is 4.79 Å². The highest BCUT2D eigenvalue weighted by Gasteiger charge is 2.16. The quantitative estimate of drug-likeness (QED) is 0.358. The van der Waals surface area contributed by atoms with Gasteiger partial charge in [0.15, 0.2) is 0 Å². The topological polar surface area (TPSA) is 71.8 Å². The molecule has 0 spiro atoms. The number of rotatable bonds is 5. The number of nitrogens with zero attached hydrogens (tertiary/aromatic N) is 2. The van der Waals surface area contributed by atoms with E-state index < -0.39 is 0 Å². The van der Waals surface area contributed by atoms with Crippen LogP contribution in [0.5, 0.6) is 0 Å². The summed E-state index contributed by atoms with van der Waals surface area (Å²) in [6.45, 7) is 2.06. The van der Waals surface area contributed by atoms with Crippen LogP contribution in [0.3, 0.4) is 0 Å². The predicted molar refractivity (Wildman–Crippen MR) is 124 cm³/mol. The Morgan fingerprint density at radius 2 is 1.77 bits per heavy atom. The Morgan fingerprint density at radius 1 is 0.935 bits per heavy atom. The number of H-pyrrole nitrogens is 1. The van der Waals surface area contributed by atoms with Gasteiger partial charge in [-0.25, -0.2) is 0 Å². The molecule has 6 heteroatoms. The summed E-state index contributed by atoms with van der Waals surface area (Å²) in [5.74, 6) is 0.942. The minimum Gasteiger partial charge on any atom is -0.411 e. The van der Waals surface area contributed by atoms with Crippen LogP contribution in [0.15, 0.2) is 93.4 Å². The van der Waals surface area contributed by atoms with Gasteiger partial charge in [0.1, 0.15) is 5.56 Å². The Balaban J connectivity index is 1.46. The number of nitrogens with one attached hydrogen (secondary N) is 1. The van der Waals surface area contributed by atoms with Gasteiger partial charge < -0.3 is 9.40 Å². The van der Waals surface area contributed by atoms with Crippen LogP contribution in [0.1, 0.15) is 11.1 Å². The SMILES string of the molecule is Cc1cccc(CSc2nnc(-c3c[nH]c4c(-c5ccccc5)cccc4c3=O)o2)c1. The molecule has 0 aliphatic rings. The van der Waals surface area contributed by atoms with Crippen LogP contribution in [-0.2, 0) is 5.75 Å². The van der Waals surface area contributed by atoms with E-state index in [0.29, 0.717) is 16.2 Å². The van der Waals surface area contributed by atoms with Crippen LogP contribution in [0.2, 0.25) is 0 Å². The predicted octanol–water partition coefficient (Wildman–Crippen LogP) is 5.85. The molecule has 0 saturated heterocycles. The third-order valence-electron chi connectivity index (χ3n) is 5.08. The van der Waals surface area contributed by atoms with Crippen molar-refractivity contribution in [3.8, 4) is 22.6 Å². The van der Waals surface area contributed by atoms with Crippen molar-refractivity contribution in [3.63, 3.8) is 0 Å². The first kappa shape index (κ1) is 19.3. The zero-order chi connectivity index (χ0) is 21.2. The molecule has 2 heterocycles. The summed E-state index contributed by atoms with van der Waals surface area (Å²) >= 11 is 1.45. The third-order valence-corrected chi connectivity index (χ3v) is 5.97. The van der Waals surface area contributed by atoms with Crippen LogP contribution >= 0.6 is 11.8 Å². The number of hydrogen-bond donors (Lipinski definition) is 1. The summed E-state index contributed by atoms with van der Waals surface area (Å²) in [4.78, 5) is 16.4. The van der Waals surface area contributed by atoms with Gasteiger partial charge in [-0.15, -0.1) is 10.2 Å². The van der Waals surface area contributed by atoms with E-state index in [1.54, 1.807) is 6.20 Å². The number of para-hydroxylation sites is 1. The summed E-state index contributed by atoms with van der Waals surface area (Å²) < 4.78 is 5.79. The lowest BCUT2D eigenvalue weighted by atomic mass is 10.0. The van der Waals surface area contributed by atoms with Gasteiger partial charge in [0.25, 0.3) is 11.1 Å². The molecule has 1 N–H and O–H groups in total. The first-order valence-corrected chi connectivity index (χ1v) is 10.9. The Hall–Kier alpha value is -3.64. The molecule has 5 rings (SSSR count). The van der Waals surface area contributed by atoms with Crippen molar-refractivity contribution in [1.82, 2.24) is 15.2 Å². The number of aromatic nitrogens is 3. The molecule has 0 radical (unpaired) electrons. The van der Waals surface area contributed by atoms with Gasteiger partial charge in [-0.2, -0.15) is 0 Å². The van der Waals surface area contributed by atoms with Crippen LogP contribution in [0.25, 0.3) is 33.5 Å². The molecule has 5 aromatic rings.